The number of hydrogen-bond acceptors (Lipinski definition) is 4. The molecule has 0 unspecified atom stereocenters. The molecule has 0 radical (unpaired) electrons. The van der Waals surface area contributed by atoms with Crippen LogP contribution in [0.1, 0.15) is 26.6 Å². The molecule has 0 aliphatic rings. The summed E-state index contributed by atoms with van der Waals surface area (Å²) in [7, 11) is 0. The summed E-state index contributed by atoms with van der Waals surface area (Å²) in [5, 5.41) is 9.22. The van der Waals surface area contributed by atoms with Crippen molar-refractivity contribution < 1.29 is 4.79 Å². The summed E-state index contributed by atoms with van der Waals surface area (Å²) in [6.45, 7) is 4.51. The molecular weight excluding hydrogens is 296 g/mol. The first-order valence-corrected chi connectivity index (χ1v) is 7.80. The van der Waals surface area contributed by atoms with Crippen LogP contribution in [0.3, 0.4) is 0 Å². The predicted molar refractivity (Wildman–Crippen MR) is 87.3 cm³/mol. The number of aromatic nitrogens is 3. The summed E-state index contributed by atoms with van der Waals surface area (Å²) in [5.74, 6) is 0.435. The lowest BCUT2D eigenvalue weighted by Gasteiger charge is -2.03. The summed E-state index contributed by atoms with van der Waals surface area (Å²) in [5.41, 5.74) is 3.00. The van der Waals surface area contributed by atoms with Gasteiger partial charge in [0.25, 0.3) is 5.91 Å². The third-order valence-electron chi connectivity index (χ3n) is 3.22. The Morgan fingerprint density at radius 3 is 2.86 bits per heavy atom. The standard InChI is InChI=1S/C16H16N4OS/c1-11-7-14(22-10-11)16(21)18-15-8-12(2)20(19-15)9-13-5-3-4-6-17-13/h3-8,10H,9H2,1-2H3,(H,18,19,21). The summed E-state index contributed by atoms with van der Waals surface area (Å²) in [6.07, 6.45) is 1.76. The number of hydrogen-bond donors (Lipinski definition) is 1. The van der Waals surface area contributed by atoms with Crippen molar-refractivity contribution in [2.24, 2.45) is 0 Å². The Morgan fingerprint density at radius 2 is 2.18 bits per heavy atom. The minimum absolute atomic E-state index is 0.124. The van der Waals surface area contributed by atoms with Crippen molar-refractivity contribution in [1.29, 1.82) is 0 Å². The van der Waals surface area contributed by atoms with Gasteiger partial charge in [0.2, 0.25) is 0 Å². The molecule has 0 fully saturated rings. The van der Waals surface area contributed by atoms with Gasteiger partial charge in [0.1, 0.15) is 0 Å². The summed E-state index contributed by atoms with van der Waals surface area (Å²) in [4.78, 5) is 17.1. The highest BCUT2D eigenvalue weighted by Gasteiger charge is 2.12. The van der Waals surface area contributed by atoms with E-state index in [1.54, 1.807) is 6.20 Å². The number of rotatable bonds is 4. The fraction of sp³-hybridized carbons (Fsp3) is 0.188. The normalized spacial score (nSPS) is 10.6. The van der Waals surface area contributed by atoms with E-state index in [4.69, 9.17) is 0 Å². The average molecular weight is 312 g/mol. The molecule has 3 aromatic rings. The van der Waals surface area contributed by atoms with Gasteiger partial charge in [-0.15, -0.1) is 11.3 Å². The number of anilines is 1. The highest BCUT2D eigenvalue weighted by atomic mass is 32.1. The summed E-state index contributed by atoms with van der Waals surface area (Å²) in [6, 6.07) is 9.52. The predicted octanol–water partition coefficient (Wildman–Crippen LogP) is 3.26. The van der Waals surface area contributed by atoms with E-state index in [0.29, 0.717) is 17.2 Å². The molecule has 112 valence electrons. The second-order valence-corrected chi connectivity index (χ2v) is 6.00. The van der Waals surface area contributed by atoms with Crippen molar-refractivity contribution in [1.82, 2.24) is 14.8 Å². The highest BCUT2D eigenvalue weighted by Crippen LogP contribution is 2.16. The Hall–Kier alpha value is -2.47. The van der Waals surface area contributed by atoms with Gasteiger partial charge in [-0.2, -0.15) is 5.10 Å². The molecule has 0 spiro atoms. The Morgan fingerprint density at radius 1 is 1.32 bits per heavy atom. The van der Waals surface area contributed by atoms with Crippen LogP contribution in [0.15, 0.2) is 41.9 Å². The van der Waals surface area contributed by atoms with Crippen LogP contribution in [-0.2, 0) is 6.54 Å². The smallest absolute Gasteiger partial charge is 0.266 e. The number of thiophene rings is 1. The number of carbonyl (C=O) groups excluding carboxylic acids is 1. The molecule has 3 rings (SSSR count). The zero-order valence-electron chi connectivity index (χ0n) is 12.4. The van der Waals surface area contributed by atoms with Crippen LogP contribution in [0, 0.1) is 13.8 Å². The van der Waals surface area contributed by atoms with Crippen LogP contribution in [0.5, 0.6) is 0 Å². The van der Waals surface area contributed by atoms with Gasteiger partial charge in [0.15, 0.2) is 5.82 Å². The molecule has 5 nitrogen and oxygen atoms in total. The van der Waals surface area contributed by atoms with Gasteiger partial charge in [0.05, 0.1) is 17.1 Å². The third-order valence-corrected chi connectivity index (χ3v) is 4.26. The van der Waals surface area contributed by atoms with Crippen LogP contribution in [0.25, 0.3) is 0 Å². The largest absolute Gasteiger partial charge is 0.304 e. The molecule has 0 bridgehead atoms. The van der Waals surface area contributed by atoms with Gasteiger partial charge in [-0.25, -0.2) is 0 Å². The maximum atomic E-state index is 12.1. The zero-order valence-corrected chi connectivity index (χ0v) is 13.2. The molecule has 3 heterocycles. The van der Waals surface area contributed by atoms with Gasteiger partial charge in [-0.1, -0.05) is 6.07 Å². The molecule has 1 N–H and O–H groups in total. The van der Waals surface area contributed by atoms with E-state index < -0.39 is 0 Å². The van der Waals surface area contributed by atoms with E-state index in [9.17, 15) is 4.79 Å². The van der Waals surface area contributed by atoms with Crippen molar-refractivity contribution in [3.63, 3.8) is 0 Å². The Balaban J connectivity index is 1.73. The van der Waals surface area contributed by atoms with Crippen molar-refractivity contribution in [2.45, 2.75) is 20.4 Å². The number of amides is 1. The van der Waals surface area contributed by atoms with E-state index in [2.05, 4.69) is 15.4 Å². The second-order valence-electron chi connectivity index (χ2n) is 5.09. The van der Waals surface area contributed by atoms with Gasteiger partial charge in [-0.05, 0) is 43.0 Å². The Labute approximate surface area is 132 Å². The lowest BCUT2D eigenvalue weighted by Crippen LogP contribution is -2.11. The van der Waals surface area contributed by atoms with E-state index in [-0.39, 0.29) is 5.91 Å². The van der Waals surface area contributed by atoms with E-state index >= 15 is 0 Å². The quantitative estimate of drug-likeness (QED) is 0.804. The minimum Gasteiger partial charge on any atom is -0.304 e. The lowest BCUT2D eigenvalue weighted by atomic mass is 10.3. The van der Waals surface area contributed by atoms with Crippen LogP contribution < -0.4 is 5.32 Å². The summed E-state index contributed by atoms with van der Waals surface area (Å²) >= 11 is 1.43. The first-order chi connectivity index (χ1) is 10.6. The molecule has 6 heteroatoms. The molecule has 0 aromatic carbocycles. The topological polar surface area (TPSA) is 59.8 Å². The molecular formula is C16H16N4OS. The first kappa shape index (κ1) is 14.5. The monoisotopic (exact) mass is 312 g/mol. The van der Waals surface area contributed by atoms with Crippen LogP contribution in [0.2, 0.25) is 0 Å². The maximum absolute atomic E-state index is 12.1. The number of nitrogens with one attached hydrogen (secondary N) is 1. The van der Waals surface area contributed by atoms with E-state index in [0.717, 1.165) is 17.0 Å². The van der Waals surface area contributed by atoms with Crippen molar-refractivity contribution in [3.8, 4) is 0 Å². The van der Waals surface area contributed by atoms with Crippen LogP contribution in [-0.4, -0.2) is 20.7 Å². The second kappa shape index (κ2) is 6.11. The van der Waals surface area contributed by atoms with Crippen molar-refractivity contribution >= 4 is 23.1 Å². The molecule has 0 saturated carbocycles. The average Bonchev–Trinajstić information content (AvgIpc) is 3.07. The SMILES string of the molecule is Cc1csc(C(=O)Nc2cc(C)n(Cc3ccccn3)n2)c1. The van der Waals surface area contributed by atoms with E-state index in [1.807, 2.05) is 54.2 Å². The maximum Gasteiger partial charge on any atom is 0.266 e. The molecule has 3 aromatic heterocycles. The fourth-order valence-electron chi connectivity index (χ4n) is 2.10. The zero-order chi connectivity index (χ0) is 15.5. The highest BCUT2D eigenvalue weighted by molar-refractivity contribution is 7.12. The molecule has 0 atom stereocenters. The molecule has 0 saturated heterocycles. The number of aryl methyl sites for hydroxylation is 2. The number of carbonyl (C=O) groups is 1. The Bertz CT molecular complexity index is 792. The van der Waals surface area contributed by atoms with Crippen LogP contribution >= 0.6 is 11.3 Å². The molecule has 0 aliphatic heterocycles. The van der Waals surface area contributed by atoms with Gasteiger partial charge < -0.3 is 5.32 Å². The Kier molecular flexibility index (Phi) is 4.02. The van der Waals surface area contributed by atoms with Crippen molar-refractivity contribution in [2.75, 3.05) is 5.32 Å². The fourth-order valence-corrected chi connectivity index (χ4v) is 2.90. The van der Waals surface area contributed by atoms with Crippen LogP contribution in [0.4, 0.5) is 5.82 Å². The summed E-state index contributed by atoms with van der Waals surface area (Å²) < 4.78 is 1.83. The molecule has 0 aliphatic carbocycles. The number of pyridine rings is 1. The lowest BCUT2D eigenvalue weighted by molar-refractivity contribution is 0.103. The number of nitrogens with zero attached hydrogens (tertiary/aromatic N) is 3. The minimum atomic E-state index is -0.124. The van der Waals surface area contributed by atoms with E-state index in [1.165, 1.54) is 11.3 Å². The molecule has 22 heavy (non-hydrogen) atoms. The van der Waals surface area contributed by atoms with Gasteiger partial charge >= 0.3 is 0 Å². The third kappa shape index (κ3) is 3.23. The van der Waals surface area contributed by atoms with Gasteiger partial charge in [0, 0.05) is 18.0 Å². The molecule has 1 amide bonds. The van der Waals surface area contributed by atoms with Crippen molar-refractivity contribution in [3.05, 3.63) is 63.7 Å². The van der Waals surface area contributed by atoms with Gasteiger partial charge in [-0.3, -0.25) is 14.5 Å². The first-order valence-electron chi connectivity index (χ1n) is 6.92.